The van der Waals surface area contributed by atoms with Crippen LogP contribution in [0, 0.1) is 6.92 Å². The van der Waals surface area contributed by atoms with Crippen molar-refractivity contribution in [3.05, 3.63) is 58.1 Å². The van der Waals surface area contributed by atoms with Gasteiger partial charge in [0, 0.05) is 48.4 Å². The summed E-state index contributed by atoms with van der Waals surface area (Å²) in [4.78, 5) is 21.4. The zero-order valence-electron chi connectivity index (χ0n) is 18.5. The van der Waals surface area contributed by atoms with E-state index in [1.807, 2.05) is 26.0 Å². The van der Waals surface area contributed by atoms with Crippen LogP contribution in [0.15, 0.2) is 36.5 Å². The highest BCUT2D eigenvalue weighted by Crippen LogP contribution is 2.38. The standard InChI is InChI=1S/C24H29N3O3S/c1-15(2)26-23(28)22-20(18-9-6-10-25-24(18)31-22)19-14-27(11-12-30-19)13-17-8-5-7-16(3)21(17)29-4/h5-10,15,19H,11-14H2,1-4H3,(H,26,28)/t19-/m0/s1. The molecule has 0 radical (unpaired) electrons. The number of aryl methyl sites for hydroxylation is 1. The molecule has 1 saturated heterocycles. The minimum Gasteiger partial charge on any atom is -0.496 e. The maximum absolute atomic E-state index is 13.0. The van der Waals surface area contributed by atoms with Crippen LogP contribution in [-0.4, -0.2) is 48.6 Å². The molecule has 1 aliphatic rings. The smallest absolute Gasteiger partial charge is 0.262 e. The molecular formula is C24H29N3O3S. The molecule has 6 nitrogen and oxygen atoms in total. The Morgan fingerprint density at radius 3 is 2.97 bits per heavy atom. The monoisotopic (exact) mass is 439 g/mol. The van der Waals surface area contributed by atoms with Crippen LogP contribution >= 0.6 is 11.3 Å². The Morgan fingerprint density at radius 2 is 2.19 bits per heavy atom. The van der Waals surface area contributed by atoms with E-state index in [0.29, 0.717) is 18.0 Å². The minimum absolute atomic E-state index is 0.0610. The number of morpholine rings is 1. The lowest BCUT2D eigenvalue weighted by atomic mass is 10.0. The van der Waals surface area contributed by atoms with Crippen molar-refractivity contribution in [2.75, 3.05) is 26.8 Å². The molecule has 31 heavy (non-hydrogen) atoms. The van der Waals surface area contributed by atoms with E-state index < -0.39 is 0 Å². The van der Waals surface area contributed by atoms with Crippen LogP contribution in [0.1, 0.15) is 46.3 Å². The number of amides is 1. The van der Waals surface area contributed by atoms with Gasteiger partial charge in [-0.25, -0.2) is 4.98 Å². The lowest BCUT2D eigenvalue weighted by Gasteiger charge is -2.33. The highest BCUT2D eigenvalue weighted by atomic mass is 32.1. The number of methoxy groups -OCH3 is 1. The Kier molecular flexibility index (Phi) is 6.55. The lowest BCUT2D eigenvalue weighted by Crippen LogP contribution is -2.38. The number of hydrogen-bond donors (Lipinski definition) is 1. The number of pyridine rings is 1. The summed E-state index contributed by atoms with van der Waals surface area (Å²) in [6, 6.07) is 10.3. The zero-order valence-corrected chi connectivity index (χ0v) is 19.3. The molecule has 3 aromatic rings. The Bertz CT molecular complexity index is 1080. The fourth-order valence-electron chi connectivity index (χ4n) is 4.16. The molecule has 1 N–H and O–H groups in total. The van der Waals surface area contributed by atoms with Crippen LogP contribution in [0.4, 0.5) is 0 Å². The second-order valence-corrected chi connectivity index (χ2v) is 9.19. The van der Waals surface area contributed by atoms with Crippen LogP contribution in [-0.2, 0) is 11.3 Å². The summed E-state index contributed by atoms with van der Waals surface area (Å²) < 4.78 is 11.8. The summed E-state index contributed by atoms with van der Waals surface area (Å²) in [6.45, 7) is 8.93. The number of ether oxygens (including phenoxy) is 2. The number of hydrogen-bond acceptors (Lipinski definition) is 6. The van der Waals surface area contributed by atoms with Crippen molar-refractivity contribution in [1.82, 2.24) is 15.2 Å². The Labute approximate surface area is 187 Å². The van der Waals surface area contributed by atoms with Gasteiger partial charge in [0.25, 0.3) is 5.91 Å². The molecule has 4 rings (SSSR count). The Balaban J connectivity index is 1.64. The van der Waals surface area contributed by atoms with Gasteiger partial charge >= 0.3 is 0 Å². The molecule has 1 fully saturated rings. The quantitative estimate of drug-likeness (QED) is 0.620. The first-order valence-electron chi connectivity index (χ1n) is 10.6. The van der Waals surface area contributed by atoms with E-state index in [0.717, 1.165) is 45.7 Å². The molecule has 0 bridgehead atoms. The minimum atomic E-state index is -0.185. The topological polar surface area (TPSA) is 63.7 Å². The maximum Gasteiger partial charge on any atom is 0.262 e. The number of rotatable bonds is 6. The average Bonchev–Trinajstić information content (AvgIpc) is 3.13. The fraction of sp³-hybridized carbons (Fsp3) is 0.417. The number of carbonyl (C=O) groups excluding carboxylic acids is 1. The molecule has 0 saturated carbocycles. The number of para-hydroxylation sites is 1. The van der Waals surface area contributed by atoms with Crippen LogP contribution in [0.2, 0.25) is 0 Å². The maximum atomic E-state index is 13.0. The largest absolute Gasteiger partial charge is 0.496 e. The number of aromatic nitrogens is 1. The molecule has 0 spiro atoms. The predicted molar refractivity (Wildman–Crippen MR) is 124 cm³/mol. The first-order valence-corrected chi connectivity index (χ1v) is 11.4. The van der Waals surface area contributed by atoms with Crippen molar-refractivity contribution in [3.63, 3.8) is 0 Å². The summed E-state index contributed by atoms with van der Waals surface area (Å²) in [5.41, 5.74) is 3.25. The highest BCUT2D eigenvalue weighted by Gasteiger charge is 2.30. The molecule has 0 unspecified atom stereocenters. The number of nitrogens with one attached hydrogen (secondary N) is 1. The zero-order chi connectivity index (χ0) is 22.0. The van der Waals surface area contributed by atoms with Gasteiger partial charge in [-0.05, 0) is 32.4 Å². The summed E-state index contributed by atoms with van der Waals surface area (Å²) in [6.07, 6.45) is 1.58. The van der Waals surface area contributed by atoms with Crippen molar-refractivity contribution >= 4 is 27.5 Å². The van der Waals surface area contributed by atoms with E-state index in [1.54, 1.807) is 13.3 Å². The van der Waals surface area contributed by atoms with Crippen molar-refractivity contribution in [2.45, 2.75) is 39.5 Å². The summed E-state index contributed by atoms with van der Waals surface area (Å²) >= 11 is 1.44. The van der Waals surface area contributed by atoms with Crippen molar-refractivity contribution < 1.29 is 14.3 Å². The third-order valence-corrected chi connectivity index (χ3v) is 6.62. The SMILES string of the molecule is COc1c(C)cccc1CN1CCO[C@H](c2c(C(=O)NC(C)C)sc3ncccc23)C1. The normalized spacial score (nSPS) is 17.3. The van der Waals surface area contributed by atoms with Gasteiger partial charge in [-0.15, -0.1) is 11.3 Å². The third-order valence-electron chi connectivity index (χ3n) is 5.49. The van der Waals surface area contributed by atoms with Crippen LogP contribution < -0.4 is 10.1 Å². The van der Waals surface area contributed by atoms with Gasteiger partial charge < -0.3 is 14.8 Å². The number of thiophene rings is 1. The number of nitrogens with zero attached hydrogens (tertiary/aromatic N) is 2. The molecule has 1 amide bonds. The molecule has 1 atom stereocenters. The highest BCUT2D eigenvalue weighted by molar-refractivity contribution is 7.20. The molecule has 0 aliphatic carbocycles. The third kappa shape index (κ3) is 4.59. The van der Waals surface area contributed by atoms with Gasteiger partial charge in [0.2, 0.25) is 0 Å². The molecule has 3 heterocycles. The van der Waals surface area contributed by atoms with Crippen molar-refractivity contribution in [1.29, 1.82) is 0 Å². The van der Waals surface area contributed by atoms with E-state index >= 15 is 0 Å². The van der Waals surface area contributed by atoms with Crippen LogP contribution in [0.5, 0.6) is 5.75 Å². The summed E-state index contributed by atoms with van der Waals surface area (Å²) in [7, 11) is 1.72. The van der Waals surface area contributed by atoms with E-state index in [1.165, 1.54) is 11.3 Å². The molecule has 164 valence electrons. The lowest BCUT2D eigenvalue weighted by molar-refractivity contribution is -0.0325. The van der Waals surface area contributed by atoms with Gasteiger partial charge in [0.1, 0.15) is 15.5 Å². The van der Waals surface area contributed by atoms with Crippen LogP contribution in [0.25, 0.3) is 10.2 Å². The summed E-state index contributed by atoms with van der Waals surface area (Å²) in [5.74, 6) is 0.877. The van der Waals surface area contributed by atoms with Gasteiger partial charge in [-0.1, -0.05) is 24.3 Å². The Hall–Kier alpha value is -2.48. The van der Waals surface area contributed by atoms with E-state index in [9.17, 15) is 4.79 Å². The van der Waals surface area contributed by atoms with Gasteiger partial charge in [-0.2, -0.15) is 0 Å². The van der Waals surface area contributed by atoms with E-state index in [2.05, 4.69) is 40.3 Å². The molecule has 1 aliphatic heterocycles. The predicted octanol–water partition coefficient (Wildman–Crippen LogP) is 4.33. The second-order valence-electron chi connectivity index (χ2n) is 8.19. The Morgan fingerprint density at radius 1 is 1.35 bits per heavy atom. The average molecular weight is 440 g/mol. The first kappa shape index (κ1) is 21.7. The van der Waals surface area contributed by atoms with Gasteiger partial charge in [0.05, 0.1) is 19.8 Å². The van der Waals surface area contributed by atoms with Gasteiger partial charge in [-0.3, -0.25) is 9.69 Å². The number of carbonyl (C=O) groups is 1. The van der Waals surface area contributed by atoms with Crippen LogP contribution in [0.3, 0.4) is 0 Å². The van der Waals surface area contributed by atoms with Crippen molar-refractivity contribution in [2.24, 2.45) is 0 Å². The van der Waals surface area contributed by atoms with Gasteiger partial charge in [0.15, 0.2) is 0 Å². The molecule has 7 heteroatoms. The fourth-order valence-corrected chi connectivity index (χ4v) is 5.26. The van der Waals surface area contributed by atoms with Crippen molar-refractivity contribution in [3.8, 4) is 5.75 Å². The molecule has 2 aromatic heterocycles. The second kappa shape index (κ2) is 9.34. The first-order chi connectivity index (χ1) is 15.0. The van der Waals surface area contributed by atoms with E-state index in [-0.39, 0.29) is 18.1 Å². The summed E-state index contributed by atoms with van der Waals surface area (Å²) in [5, 5.41) is 4.03. The van der Waals surface area contributed by atoms with E-state index in [4.69, 9.17) is 9.47 Å². The molecular weight excluding hydrogens is 410 g/mol. The number of benzene rings is 1. The number of fused-ring (bicyclic) bond motifs is 1. The molecule has 1 aromatic carbocycles.